The van der Waals surface area contributed by atoms with Crippen LogP contribution in [0, 0.1) is 0 Å². The van der Waals surface area contributed by atoms with Crippen LogP contribution in [-0.4, -0.2) is 41.3 Å². The number of thioether (sulfide) groups is 1. The summed E-state index contributed by atoms with van der Waals surface area (Å²) in [4.78, 5) is 13.4. The van der Waals surface area contributed by atoms with Gasteiger partial charge in [-0.05, 0) is 26.5 Å². The van der Waals surface area contributed by atoms with E-state index in [1.165, 1.54) is 0 Å². The van der Waals surface area contributed by atoms with Gasteiger partial charge in [-0.25, -0.2) is 0 Å². The van der Waals surface area contributed by atoms with Gasteiger partial charge in [0.1, 0.15) is 0 Å². The van der Waals surface area contributed by atoms with E-state index < -0.39 is 0 Å². The van der Waals surface area contributed by atoms with Crippen molar-refractivity contribution in [3.05, 3.63) is 0 Å². The van der Waals surface area contributed by atoms with Crippen molar-refractivity contribution in [1.29, 1.82) is 0 Å². The summed E-state index contributed by atoms with van der Waals surface area (Å²) < 4.78 is 0. The molecule has 78 valence electrons. The van der Waals surface area contributed by atoms with Gasteiger partial charge in [0.15, 0.2) is 0 Å². The van der Waals surface area contributed by atoms with Gasteiger partial charge in [-0.1, -0.05) is 0 Å². The average Bonchev–Trinajstić information content (AvgIpc) is 2.05. The van der Waals surface area contributed by atoms with Crippen LogP contribution in [0.4, 0.5) is 0 Å². The Labute approximate surface area is 90.0 Å². The quantitative estimate of drug-likeness (QED) is 0.644. The third-order valence-electron chi connectivity index (χ3n) is 1.74. The van der Waals surface area contributed by atoms with Gasteiger partial charge in [0.05, 0.1) is 5.75 Å². The number of carbonyl (C=O) groups is 1. The highest BCUT2D eigenvalue weighted by molar-refractivity contribution is 7.99. The van der Waals surface area contributed by atoms with Crippen LogP contribution in [0.1, 0.15) is 20.3 Å². The van der Waals surface area contributed by atoms with Crippen LogP contribution < -0.4 is 0 Å². The zero-order chi connectivity index (χ0) is 10.3. The lowest BCUT2D eigenvalue weighted by molar-refractivity contribution is -0.130. The fourth-order valence-electron chi connectivity index (χ4n) is 1.11. The van der Waals surface area contributed by atoms with Crippen molar-refractivity contribution in [1.82, 2.24) is 4.90 Å². The van der Waals surface area contributed by atoms with E-state index >= 15 is 0 Å². The molecule has 0 N–H and O–H groups in total. The van der Waals surface area contributed by atoms with Gasteiger partial charge in [-0.2, -0.15) is 11.8 Å². The summed E-state index contributed by atoms with van der Waals surface area (Å²) in [5.74, 6) is 1.41. The van der Waals surface area contributed by atoms with Crippen molar-refractivity contribution in [2.24, 2.45) is 0 Å². The Hall–Kier alpha value is 0.110. The highest BCUT2D eigenvalue weighted by atomic mass is 35.5. The molecule has 0 aromatic carbocycles. The van der Waals surface area contributed by atoms with Crippen molar-refractivity contribution >= 4 is 29.3 Å². The molecule has 0 saturated heterocycles. The summed E-state index contributed by atoms with van der Waals surface area (Å²) in [5, 5.41) is 0. The van der Waals surface area contributed by atoms with Crippen molar-refractivity contribution in [2.45, 2.75) is 26.3 Å². The molecule has 0 heterocycles. The molecule has 0 radical (unpaired) electrons. The van der Waals surface area contributed by atoms with Crippen LogP contribution in [0.5, 0.6) is 0 Å². The summed E-state index contributed by atoms with van der Waals surface area (Å²) in [5.41, 5.74) is 0. The summed E-state index contributed by atoms with van der Waals surface area (Å²) in [6, 6.07) is 0.280. The fraction of sp³-hybridized carbons (Fsp3) is 0.889. The first-order chi connectivity index (χ1) is 6.13. The van der Waals surface area contributed by atoms with Crippen LogP contribution in [0.2, 0.25) is 0 Å². The maximum absolute atomic E-state index is 11.6. The predicted molar refractivity (Wildman–Crippen MR) is 60.6 cm³/mol. The SMILES string of the molecule is CSCC(=O)N(CCCCl)C(C)C. The lowest BCUT2D eigenvalue weighted by atomic mass is 10.3. The second kappa shape index (κ2) is 7.51. The molecule has 4 heteroatoms. The second-order valence-corrected chi connectivity index (χ2v) is 4.40. The normalized spacial score (nSPS) is 10.5. The fourth-order valence-corrected chi connectivity index (χ4v) is 1.64. The topological polar surface area (TPSA) is 20.3 Å². The smallest absolute Gasteiger partial charge is 0.232 e. The van der Waals surface area contributed by atoms with Gasteiger partial charge in [0, 0.05) is 18.5 Å². The standard InChI is InChI=1S/C9H18ClNOS/c1-8(2)11(6-4-5-10)9(12)7-13-3/h8H,4-7H2,1-3H3. The number of halogens is 1. The lowest BCUT2D eigenvalue weighted by Gasteiger charge is -2.26. The van der Waals surface area contributed by atoms with Gasteiger partial charge in [-0.3, -0.25) is 4.79 Å². The molecule has 2 nitrogen and oxygen atoms in total. The molecular weight excluding hydrogens is 206 g/mol. The van der Waals surface area contributed by atoms with E-state index in [0.717, 1.165) is 13.0 Å². The van der Waals surface area contributed by atoms with Gasteiger partial charge in [0.2, 0.25) is 5.91 Å². The molecule has 0 aliphatic rings. The Balaban J connectivity index is 3.99. The Morgan fingerprint density at radius 3 is 2.54 bits per heavy atom. The molecule has 0 aromatic heterocycles. The zero-order valence-corrected chi connectivity index (χ0v) is 10.1. The van der Waals surface area contributed by atoms with E-state index in [4.69, 9.17) is 11.6 Å². The first-order valence-corrected chi connectivity index (χ1v) is 6.40. The van der Waals surface area contributed by atoms with Crippen molar-refractivity contribution in [3.8, 4) is 0 Å². The van der Waals surface area contributed by atoms with Gasteiger partial charge < -0.3 is 4.90 Å². The molecule has 0 atom stereocenters. The summed E-state index contributed by atoms with van der Waals surface area (Å²) in [6.45, 7) is 4.85. The average molecular weight is 224 g/mol. The molecule has 13 heavy (non-hydrogen) atoms. The Morgan fingerprint density at radius 2 is 2.15 bits per heavy atom. The minimum absolute atomic E-state index is 0.215. The van der Waals surface area contributed by atoms with Crippen LogP contribution in [0.25, 0.3) is 0 Å². The molecule has 0 aliphatic carbocycles. The number of hydrogen-bond donors (Lipinski definition) is 0. The molecule has 0 unspecified atom stereocenters. The highest BCUT2D eigenvalue weighted by Gasteiger charge is 2.14. The maximum atomic E-state index is 11.6. The van der Waals surface area contributed by atoms with Crippen molar-refractivity contribution in [2.75, 3.05) is 24.4 Å². The molecular formula is C9H18ClNOS. The Bertz CT molecular complexity index is 153. The van der Waals surface area contributed by atoms with E-state index in [-0.39, 0.29) is 11.9 Å². The molecule has 0 aromatic rings. The zero-order valence-electron chi connectivity index (χ0n) is 8.55. The maximum Gasteiger partial charge on any atom is 0.232 e. The van der Waals surface area contributed by atoms with Crippen LogP contribution in [-0.2, 0) is 4.79 Å². The first-order valence-electron chi connectivity index (χ1n) is 4.47. The van der Waals surface area contributed by atoms with E-state index in [9.17, 15) is 4.79 Å². The molecule has 0 spiro atoms. The van der Waals surface area contributed by atoms with Crippen molar-refractivity contribution in [3.63, 3.8) is 0 Å². The molecule has 0 fully saturated rings. The van der Waals surface area contributed by atoms with E-state index in [2.05, 4.69) is 0 Å². The van der Waals surface area contributed by atoms with Gasteiger partial charge in [0.25, 0.3) is 0 Å². The predicted octanol–water partition coefficient (Wildman–Crippen LogP) is 2.22. The van der Waals surface area contributed by atoms with Crippen LogP contribution in [0.15, 0.2) is 0 Å². The number of carbonyl (C=O) groups excluding carboxylic acids is 1. The molecule has 1 amide bonds. The number of hydrogen-bond acceptors (Lipinski definition) is 2. The van der Waals surface area contributed by atoms with Crippen LogP contribution >= 0.6 is 23.4 Å². The number of amides is 1. The summed E-state index contributed by atoms with van der Waals surface area (Å²) >= 11 is 7.15. The highest BCUT2D eigenvalue weighted by Crippen LogP contribution is 2.04. The molecule has 0 rings (SSSR count). The van der Waals surface area contributed by atoms with Gasteiger partial charge in [-0.15, -0.1) is 11.6 Å². The van der Waals surface area contributed by atoms with Crippen molar-refractivity contribution < 1.29 is 4.79 Å². The molecule has 0 saturated carbocycles. The largest absolute Gasteiger partial charge is 0.340 e. The third-order valence-corrected chi connectivity index (χ3v) is 2.55. The third kappa shape index (κ3) is 5.42. The Kier molecular flexibility index (Phi) is 7.57. The van der Waals surface area contributed by atoms with E-state index in [1.807, 2.05) is 25.0 Å². The summed E-state index contributed by atoms with van der Waals surface area (Å²) in [6.07, 6.45) is 2.82. The van der Waals surface area contributed by atoms with E-state index in [0.29, 0.717) is 11.6 Å². The van der Waals surface area contributed by atoms with Gasteiger partial charge >= 0.3 is 0 Å². The molecule has 0 aliphatic heterocycles. The Morgan fingerprint density at radius 1 is 1.54 bits per heavy atom. The first kappa shape index (κ1) is 13.1. The lowest BCUT2D eigenvalue weighted by Crippen LogP contribution is -2.39. The van der Waals surface area contributed by atoms with Crippen LogP contribution in [0.3, 0.4) is 0 Å². The minimum atomic E-state index is 0.215. The second-order valence-electron chi connectivity index (χ2n) is 3.16. The minimum Gasteiger partial charge on any atom is -0.340 e. The summed E-state index contributed by atoms with van der Waals surface area (Å²) in [7, 11) is 0. The number of alkyl halides is 1. The number of nitrogens with zero attached hydrogens (tertiary/aromatic N) is 1. The monoisotopic (exact) mass is 223 g/mol. The number of rotatable bonds is 6. The van der Waals surface area contributed by atoms with E-state index in [1.54, 1.807) is 11.8 Å². The molecule has 0 bridgehead atoms.